The number of carbonyl (C=O) groups is 1. The van der Waals surface area contributed by atoms with Gasteiger partial charge in [-0.2, -0.15) is 0 Å². The number of aromatic nitrogens is 3. The molecular formula is C25H34N6O. The van der Waals surface area contributed by atoms with Crippen LogP contribution in [0.2, 0.25) is 0 Å². The molecule has 0 aromatic carbocycles. The highest BCUT2D eigenvalue weighted by atomic mass is 16.1. The van der Waals surface area contributed by atoms with Crippen LogP contribution in [0.5, 0.6) is 0 Å². The van der Waals surface area contributed by atoms with E-state index >= 15 is 0 Å². The number of carbonyl (C=O) groups excluding carboxylic acids is 1. The fraction of sp³-hybridized carbons (Fsp3) is 0.480. The van der Waals surface area contributed by atoms with Gasteiger partial charge in [0.15, 0.2) is 0 Å². The molecule has 2 aliphatic rings. The van der Waals surface area contributed by atoms with Crippen LogP contribution in [0.25, 0.3) is 5.57 Å². The lowest BCUT2D eigenvalue weighted by Gasteiger charge is -2.31. The second-order valence-corrected chi connectivity index (χ2v) is 8.86. The average molecular weight is 435 g/mol. The first-order chi connectivity index (χ1) is 15.6. The van der Waals surface area contributed by atoms with Gasteiger partial charge in [-0.05, 0) is 71.0 Å². The third kappa shape index (κ3) is 5.00. The van der Waals surface area contributed by atoms with Gasteiger partial charge in [0.2, 0.25) is 0 Å². The first-order valence-corrected chi connectivity index (χ1v) is 11.6. The van der Waals surface area contributed by atoms with Crippen LogP contribution >= 0.6 is 0 Å². The number of rotatable bonds is 8. The molecule has 7 nitrogen and oxygen atoms in total. The number of imidazole rings is 1. The SMILES string of the molecule is CNCCC(C)NC(=O)C1=CC=CCc2[nH]c(CN(C)C3CCCc4cccnc43)nc21. The topological polar surface area (TPSA) is 85.9 Å². The van der Waals surface area contributed by atoms with Crippen molar-refractivity contribution < 1.29 is 4.79 Å². The molecule has 0 bridgehead atoms. The fourth-order valence-electron chi connectivity index (χ4n) is 4.62. The standard InChI is InChI=1S/C25H34N6O/c1-17(13-15-26-2)28-25(32)19-10-4-5-11-20-24(19)30-22(29-20)16-31(3)21-12-6-8-18-9-7-14-27-23(18)21/h4-5,7,9-10,14,17,21,26H,6,8,11-13,15-16H2,1-3H3,(H,28,32)(H,29,30). The molecule has 32 heavy (non-hydrogen) atoms. The average Bonchev–Trinajstić information content (AvgIpc) is 3.08. The molecule has 0 fully saturated rings. The summed E-state index contributed by atoms with van der Waals surface area (Å²) in [5, 5.41) is 6.24. The van der Waals surface area contributed by atoms with Gasteiger partial charge in [0.25, 0.3) is 5.91 Å². The summed E-state index contributed by atoms with van der Waals surface area (Å²) < 4.78 is 0. The van der Waals surface area contributed by atoms with Crippen LogP contribution in [0.15, 0.2) is 36.6 Å². The molecule has 2 aliphatic carbocycles. The van der Waals surface area contributed by atoms with E-state index in [0.29, 0.717) is 12.1 Å². The van der Waals surface area contributed by atoms with E-state index in [9.17, 15) is 4.79 Å². The van der Waals surface area contributed by atoms with Crippen molar-refractivity contribution in [3.8, 4) is 0 Å². The van der Waals surface area contributed by atoms with E-state index in [1.54, 1.807) is 0 Å². The molecule has 2 aromatic heterocycles. The summed E-state index contributed by atoms with van der Waals surface area (Å²) in [6, 6.07) is 4.60. The summed E-state index contributed by atoms with van der Waals surface area (Å²) in [5.41, 5.74) is 4.92. The second kappa shape index (κ2) is 10.2. The van der Waals surface area contributed by atoms with Crippen molar-refractivity contribution in [1.82, 2.24) is 30.5 Å². The number of aryl methyl sites for hydroxylation is 1. The summed E-state index contributed by atoms with van der Waals surface area (Å²) in [7, 11) is 4.05. The quantitative estimate of drug-likeness (QED) is 0.595. The monoisotopic (exact) mass is 434 g/mol. The molecule has 0 saturated carbocycles. The maximum absolute atomic E-state index is 13.0. The molecule has 2 atom stereocenters. The Hall–Kier alpha value is -2.77. The highest BCUT2D eigenvalue weighted by Gasteiger charge is 2.27. The molecule has 2 unspecified atom stereocenters. The summed E-state index contributed by atoms with van der Waals surface area (Å²) in [6.07, 6.45) is 12.8. The normalized spacial score (nSPS) is 18.5. The Labute approximate surface area is 190 Å². The van der Waals surface area contributed by atoms with Gasteiger partial charge < -0.3 is 15.6 Å². The molecule has 0 aliphatic heterocycles. The molecule has 2 aromatic rings. The summed E-state index contributed by atoms with van der Waals surface area (Å²) >= 11 is 0. The number of allylic oxidation sites excluding steroid dienone is 3. The smallest absolute Gasteiger partial charge is 0.253 e. The summed E-state index contributed by atoms with van der Waals surface area (Å²) in [6.45, 7) is 3.58. The molecule has 1 amide bonds. The summed E-state index contributed by atoms with van der Waals surface area (Å²) in [4.78, 5) is 28.4. The van der Waals surface area contributed by atoms with Crippen LogP contribution in [-0.2, 0) is 24.2 Å². The zero-order valence-corrected chi connectivity index (χ0v) is 19.3. The van der Waals surface area contributed by atoms with E-state index in [1.807, 2.05) is 38.4 Å². The number of amides is 1. The van der Waals surface area contributed by atoms with Crippen LogP contribution in [0.1, 0.15) is 60.7 Å². The number of hydrogen-bond acceptors (Lipinski definition) is 5. The van der Waals surface area contributed by atoms with Crippen molar-refractivity contribution in [2.45, 2.75) is 57.7 Å². The molecule has 170 valence electrons. The van der Waals surface area contributed by atoms with Crippen molar-refractivity contribution in [3.05, 3.63) is 65.0 Å². The van der Waals surface area contributed by atoms with Crippen LogP contribution in [0.4, 0.5) is 0 Å². The molecule has 3 N–H and O–H groups in total. The zero-order chi connectivity index (χ0) is 22.5. The molecule has 7 heteroatoms. The minimum atomic E-state index is -0.0711. The molecular weight excluding hydrogens is 400 g/mol. The predicted molar refractivity (Wildman–Crippen MR) is 127 cm³/mol. The molecule has 4 rings (SSSR count). The van der Waals surface area contributed by atoms with Crippen LogP contribution < -0.4 is 10.6 Å². The lowest BCUT2D eigenvalue weighted by molar-refractivity contribution is -0.116. The number of fused-ring (bicyclic) bond motifs is 2. The molecule has 0 radical (unpaired) electrons. The van der Waals surface area contributed by atoms with Gasteiger partial charge in [0, 0.05) is 24.4 Å². The largest absolute Gasteiger partial charge is 0.349 e. The van der Waals surface area contributed by atoms with E-state index in [0.717, 1.165) is 49.4 Å². The van der Waals surface area contributed by atoms with Crippen LogP contribution in [0, 0.1) is 0 Å². The first-order valence-electron chi connectivity index (χ1n) is 11.6. The Morgan fingerprint density at radius 2 is 2.28 bits per heavy atom. The third-order valence-electron chi connectivity index (χ3n) is 6.35. The van der Waals surface area contributed by atoms with Crippen molar-refractivity contribution in [3.63, 3.8) is 0 Å². The third-order valence-corrected chi connectivity index (χ3v) is 6.35. The van der Waals surface area contributed by atoms with Gasteiger partial charge in [0.1, 0.15) is 5.82 Å². The second-order valence-electron chi connectivity index (χ2n) is 8.86. The van der Waals surface area contributed by atoms with Crippen molar-refractivity contribution >= 4 is 11.5 Å². The maximum atomic E-state index is 13.0. The van der Waals surface area contributed by atoms with E-state index in [4.69, 9.17) is 4.98 Å². The van der Waals surface area contributed by atoms with Crippen LogP contribution in [-0.4, -0.2) is 52.4 Å². The number of hydrogen-bond donors (Lipinski definition) is 3. The predicted octanol–water partition coefficient (Wildman–Crippen LogP) is 2.92. The number of nitrogens with zero attached hydrogens (tertiary/aromatic N) is 3. The Kier molecular flexibility index (Phi) is 7.17. The van der Waals surface area contributed by atoms with Gasteiger partial charge in [-0.3, -0.25) is 14.7 Å². The van der Waals surface area contributed by atoms with Crippen molar-refractivity contribution in [1.29, 1.82) is 0 Å². The van der Waals surface area contributed by atoms with E-state index < -0.39 is 0 Å². The highest BCUT2D eigenvalue weighted by molar-refractivity contribution is 6.19. The van der Waals surface area contributed by atoms with E-state index in [-0.39, 0.29) is 18.0 Å². The minimum absolute atomic E-state index is 0.0711. The number of aromatic amines is 1. The van der Waals surface area contributed by atoms with Gasteiger partial charge >= 0.3 is 0 Å². The lowest BCUT2D eigenvalue weighted by atomic mass is 9.91. The fourth-order valence-corrected chi connectivity index (χ4v) is 4.62. The first kappa shape index (κ1) is 22.4. The number of nitrogens with one attached hydrogen (secondary N) is 3. The van der Waals surface area contributed by atoms with Crippen LogP contribution in [0.3, 0.4) is 0 Å². The Morgan fingerprint density at radius 3 is 3.12 bits per heavy atom. The highest BCUT2D eigenvalue weighted by Crippen LogP contribution is 2.32. The lowest BCUT2D eigenvalue weighted by Crippen LogP contribution is -2.35. The zero-order valence-electron chi connectivity index (χ0n) is 19.3. The van der Waals surface area contributed by atoms with Gasteiger partial charge in [0.05, 0.1) is 29.5 Å². The molecule has 0 saturated heterocycles. The minimum Gasteiger partial charge on any atom is -0.349 e. The maximum Gasteiger partial charge on any atom is 0.253 e. The Balaban J connectivity index is 1.49. The molecule has 0 spiro atoms. The van der Waals surface area contributed by atoms with Gasteiger partial charge in [-0.15, -0.1) is 0 Å². The number of pyridine rings is 1. The van der Waals surface area contributed by atoms with Gasteiger partial charge in [-0.25, -0.2) is 4.98 Å². The van der Waals surface area contributed by atoms with E-state index in [1.165, 1.54) is 17.7 Å². The van der Waals surface area contributed by atoms with Crippen molar-refractivity contribution in [2.75, 3.05) is 20.6 Å². The Morgan fingerprint density at radius 1 is 1.41 bits per heavy atom. The molecule has 2 heterocycles. The van der Waals surface area contributed by atoms with E-state index in [2.05, 4.69) is 44.7 Å². The Bertz CT molecular complexity index is 1010. The number of H-pyrrole nitrogens is 1. The van der Waals surface area contributed by atoms with Crippen molar-refractivity contribution in [2.24, 2.45) is 0 Å². The van der Waals surface area contributed by atoms with Gasteiger partial charge in [-0.1, -0.05) is 18.2 Å². The summed E-state index contributed by atoms with van der Waals surface area (Å²) in [5.74, 6) is 0.816.